The average Bonchev–Trinajstić information content (AvgIpc) is 3.33. The van der Waals surface area contributed by atoms with Crippen molar-refractivity contribution in [3.8, 4) is 0 Å². The second-order valence-corrected chi connectivity index (χ2v) is 6.94. The van der Waals surface area contributed by atoms with Crippen molar-refractivity contribution in [1.29, 1.82) is 0 Å². The van der Waals surface area contributed by atoms with E-state index in [1.807, 2.05) is 13.0 Å². The zero-order valence-corrected chi connectivity index (χ0v) is 15.6. The number of H-pyrrole nitrogens is 1. The van der Waals surface area contributed by atoms with Gasteiger partial charge in [-0.3, -0.25) is 0 Å². The SMILES string of the molecule is CCOCC1COC(Cc2ncc[nH]2)(c2cc3cc(Cl)cc(Cl)c3o2)O1. The maximum Gasteiger partial charge on any atom is 0.236 e. The van der Waals surface area contributed by atoms with Crippen LogP contribution >= 0.6 is 23.2 Å². The van der Waals surface area contributed by atoms with Crippen molar-refractivity contribution < 1.29 is 18.6 Å². The third kappa shape index (κ3) is 3.35. The van der Waals surface area contributed by atoms with Gasteiger partial charge in [-0.1, -0.05) is 23.2 Å². The summed E-state index contributed by atoms with van der Waals surface area (Å²) >= 11 is 12.4. The topological polar surface area (TPSA) is 69.5 Å². The van der Waals surface area contributed by atoms with Crippen LogP contribution in [0.3, 0.4) is 0 Å². The number of hydrogen-bond donors (Lipinski definition) is 1. The lowest BCUT2D eigenvalue weighted by Gasteiger charge is -2.25. The first-order valence-corrected chi connectivity index (χ1v) is 9.12. The van der Waals surface area contributed by atoms with E-state index in [0.29, 0.717) is 47.6 Å². The van der Waals surface area contributed by atoms with Crippen LogP contribution < -0.4 is 0 Å². The molecule has 1 N–H and O–H groups in total. The molecule has 6 nitrogen and oxygen atoms in total. The summed E-state index contributed by atoms with van der Waals surface area (Å²) in [6.07, 6.45) is 3.61. The molecule has 3 heterocycles. The van der Waals surface area contributed by atoms with Crippen LogP contribution in [-0.2, 0) is 26.4 Å². The van der Waals surface area contributed by atoms with Crippen LogP contribution in [0.1, 0.15) is 18.5 Å². The number of aromatic nitrogens is 2. The highest BCUT2D eigenvalue weighted by molar-refractivity contribution is 6.38. The van der Waals surface area contributed by atoms with E-state index in [4.69, 9.17) is 41.8 Å². The molecule has 2 unspecified atom stereocenters. The van der Waals surface area contributed by atoms with E-state index in [9.17, 15) is 0 Å². The number of nitrogens with zero attached hydrogens (tertiary/aromatic N) is 1. The van der Waals surface area contributed by atoms with Crippen molar-refractivity contribution in [2.45, 2.75) is 25.2 Å². The number of fused-ring (bicyclic) bond motifs is 1. The molecular weight excluding hydrogens is 379 g/mol. The zero-order chi connectivity index (χ0) is 18.1. The summed E-state index contributed by atoms with van der Waals surface area (Å²) in [6.45, 7) is 3.40. The smallest absolute Gasteiger partial charge is 0.236 e. The molecule has 3 aromatic rings. The molecule has 2 aromatic heterocycles. The molecule has 0 saturated carbocycles. The molecule has 1 aromatic carbocycles. The van der Waals surface area contributed by atoms with E-state index >= 15 is 0 Å². The predicted molar refractivity (Wildman–Crippen MR) is 97.5 cm³/mol. The molecule has 1 aliphatic rings. The van der Waals surface area contributed by atoms with Crippen LogP contribution in [0.2, 0.25) is 10.0 Å². The van der Waals surface area contributed by atoms with Gasteiger partial charge in [0.15, 0.2) is 11.3 Å². The van der Waals surface area contributed by atoms with Crippen LogP contribution in [0, 0.1) is 0 Å². The summed E-state index contributed by atoms with van der Waals surface area (Å²) in [5, 5.41) is 1.77. The number of ether oxygens (including phenoxy) is 3. The van der Waals surface area contributed by atoms with Crippen molar-refractivity contribution in [2.24, 2.45) is 0 Å². The first-order chi connectivity index (χ1) is 12.6. The minimum atomic E-state index is -1.10. The quantitative estimate of drug-likeness (QED) is 0.671. The third-order valence-corrected chi connectivity index (χ3v) is 4.73. The highest BCUT2D eigenvalue weighted by Gasteiger charge is 2.47. The van der Waals surface area contributed by atoms with E-state index in [1.54, 1.807) is 24.5 Å². The molecule has 0 spiro atoms. The Labute approximate surface area is 160 Å². The number of nitrogens with one attached hydrogen (secondary N) is 1. The van der Waals surface area contributed by atoms with Gasteiger partial charge in [0.2, 0.25) is 5.79 Å². The van der Waals surface area contributed by atoms with Gasteiger partial charge < -0.3 is 23.6 Å². The van der Waals surface area contributed by atoms with E-state index in [-0.39, 0.29) is 6.10 Å². The number of halogens is 2. The Hall–Kier alpha value is -1.57. The molecule has 0 amide bonds. The van der Waals surface area contributed by atoms with E-state index in [1.165, 1.54) is 0 Å². The lowest BCUT2D eigenvalue weighted by molar-refractivity contribution is -0.192. The molecule has 1 fully saturated rings. The second kappa shape index (κ2) is 7.21. The van der Waals surface area contributed by atoms with Gasteiger partial charge in [-0.2, -0.15) is 0 Å². The number of furan rings is 1. The van der Waals surface area contributed by atoms with Crippen LogP contribution in [0.25, 0.3) is 11.0 Å². The molecular formula is C18H18Cl2N2O4. The average molecular weight is 397 g/mol. The predicted octanol–water partition coefficient (Wildman–Crippen LogP) is 4.31. The molecule has 2 atom stereocenters. The monoisotopic (exact) mass is 396 g/mol. The summed E-state index contributed by atoms with van der Waals surface area (Å²) < 4.78 is 23.8. The maximum absolute atomic E-state index is 6.27. The molecule has 0 bridgehead atoms. The van der Waals surface area contributed by atoms with Crippen LogP contribution in [0.4, 0.5) is 0 Å². The molecule has 0 aliphatic carbocycles. The first-order valence-electron chi connectivity index (χ1n) is 8.36. The number of hydrogen-bond acceptors (Lipinski definition) is 5. The number of aromatic amines is 1. The van der Waals surface area contributed by atoms with Gasteiger partial charge >= 0.3 is 0 Å². The van der Waals surface area contributed by atoms with Gasteiger partial charge in [-0.05, 0) is 25.1 Å². The molecule has 1 aliphatic heterocycles. The highest BCUT2D eigenvalue weighted by Crippen LogP contribution is 2.41. The number of rotatable bonds is 6. The summed E-state index contributed by atoms with van der Waals surface area (Å²) in [5.74, 6) is 0.146. The summed E-state index contributed by atoms with van der Waals surface area (Å²) in [5.41, 5.74) is 0.547. The van der Waals surface area contributed by atoms with Crippen molar-refractivity contribution in [1.82, 2.24) is 9.97 Å². The van der Waals surface area contributed by atoms with Crippen LogP contribution in [-0.4, -0.2) is 35.9 Å². The van der Waals surface area contributed by atoms with Gasteiger partial charge in [0.05, 0.1) is 24.7 Å². The van der Waals surface area contributed by atoms with Crippen molar-refractivity contribution in [2.75, 3.05) is 19.8 Å². The van der Waals surface area contributed by atoms with E-state index in [0.717, 1.165) is 11.2 Å². The second-order valence-electron chi connectivity index (χ2n) is 6.09. The fourth-order valence-electron chi connectivity index (χ4n) is 3.08. The fraction of sp³-hybridized carbons (Fsp3) is 0.389. The summed E-state index contributed by atoms with van der Waals surface area (Å²) in [6, 6.07) is 5.29. The molecule has 1 saturated heterocycles. The Morgan fingerprint density at radius 2 is 2.23 bits per heavy atom. The van der Waals surface area contributed by atoms with E-state index < -0.39 is 5.79 Å². The lowest BCUT2D eigenvalue weighted by Crippen LogP contribution is -2.31. The maximum atomic E-state index is 6.27. The van der Waals surface area contributed by atoms with Gasteiger partial charge in [-0.15, -0.1) is 0 Å². The van der Waals surface area contributed by atoms with E-state index in [2.05, 4.69) is 9.97 Å². The van der Waals surface area contributed by atoms with Gasteiger partial charge in [0, 0.05) is 29.4 Å². The summed E-state index contributed by atoms with van der Waals surface area (Å²) in [4.78, 5) is 7.37. The normalized spacial score (nSPS) is 23.1. The van der Waals surface area contributed by atoms with Crippen molar-refractivity contribution in [3.05, 3.63) is 52.2 Å². The third-order valence-electron chi connectivity index (χ3n) is 4.23. The molecule has 26 heavy (non-hydrogen) atoms. The Bertz CT molecular complexity index is 896. The molecule has 8 heteroatoms. The van der Waals surface area contributed by atoms with Gasteiger partial charge in [0.1, 0.15) is 11.9 Å². The van der Waals surface area contributed by atoms with Crippen LogP contribution in [0.5, 0.6) is 0 Å². The Balaban J connectivity index is 1.72. The minimum absolute atomic E-state index is 0.197. The Kier molecular flexibility index (Phi) is 4.94. The Morgan fingerprint density at radius 3 is 3.00 bits per heavy atom. The van der Waals surface area contributed by atoms with Crippen LogP contribution in [0.15, 0.2) is 35.0 Å². The molecule has 4 rings (SSSR count). The largest absolute Gasteiger partial charge is 0.454 e. The summed E-state index contributed by atoms with van der Waals surface area (Å²) in [7, 11) is 0. The zero-order valence-electron chi connectivity index (χ0n) is 14.1. The standard InChI is InChI=1S/C18H18Cl2N2O4/c1-2-23-9-13-10-24-18(26-13,8-16-21-3-4-22-16)15-6-11-5-12(19)7-14(20)17(11)25-15/h3-7,13H,2,8-10H2,1H3,(H,21,22). The van der Waals surface area contributed by atoms with Crippen molar-refractivity contribution in [3.63, 3.8) is 0 Å². The number of benzene rings is 1. The lowest BCUT2D eigenvalue weighted by atomic mass is 10.1. The molecule has 138 valence electrons. The van der Waals surface area contributed by atoms with Crippen molar-refractivity contribution >= 4 is 34.2 Å². The van der Waals surface area contributed by atoms with Gasteiger partial charge in [-0.25, -0.2) is 4.98 Å². The Morgan fingerprint density at radius 1 is 1.35 bits per heavy atom. The molecule has 0 radical (unpaired) electrons. The highest BCUT2D eigenvalue weighted by atomic mass is 35.5. The first kappa shape index (κ1) is 17.8. The van der Waals surface area contributed by atoms with Gasteiger partial charge in [0.25, 0.3) is 0 Å². The minimum Gasteiger partial charge on any atom is -0.454 e. The fourth-order valence-corrected chi connectivity index (χ4v) is 3.63. The number of imidazole rings is 1.